The molecule has 0 amide bonds. The van der Waals surface area contributed by atoms with Crippen LogP contribution < -0.4 is 15.0 Å². The molecule has 2 bridgehead atoms. The first kappa shape index (κ1) is 15.9. The molecule has 2 aliphatic heterocycles. The molecule has 3 aliphatic rings. The van der Waals surface area contributed by atoms with Crippen molar-refractivity contribution in [1.82, 2.24) is 5.32 Å². The first-order valence-electron chi connectivity index (χ1n) is 8.43. The number of benzene rings is 2. The second kappa shape index (κ2) is 5.60. The van der Waals surface area contributed by atoms with Crippen molar-refractivity contribution < 1.29 is 4.74 Å². The van der Waals surface area contributed by atoms with E-state index >= 15 is 0 Å². The van der Waals surface area contributed by atoms with Crippen LogP contribution in [0.5, 0.6) is 5.75 Å². The van der Waals surface area contributed by atoms with Crippen molar-refractivity contribution in [2.24, 2.45) is 5.92 Å². The smallest absolute Gasteiger partial charge is 0.194 e. The van der Waals surface area contributed by atoms with Gasteiger partial charge in [-0.05, 0) is 61.5 Å². The molecule has 1 saturated carbocycles. The fourth-order valence-corrected chi connectivity index (χ4v) is 5.57. The number of nitrogens with one attached hydrogen (secondary N) is 1. The lowest BCUT2D eigenvalue weighted by atomic mass is 9.80. The molecule has 1 saturated heterocycles. The van der Waals surface area contributed by atoms with Crippen molar-refractivity contribution in [2.75, 3.05) is 4.90 Å². The summed E-state index contributed by atoms with van der Waals surface area (Å²) in [7, 11) is 0. The van der Waals surface area contributed by atoms with Crippen molar-refractivity contribution in [2.45, 2.75) is 31.0 Å². The van der Waals surface area contributed by atoms with Gasteiger partial charge in [0, 0.05) is 33.1 Å². The van der Waals surface area contributed by atoms with Gasteiger partial charge in [0.1, 0.15) is 5.75 Å². The summed E-state index contributed by atoms with van der Waals surface area (Å²) in [5.74, 6) is 1.29. The molecule has 3 nitrogen and oxygen atoms in total. The Labute approximate surface area is 165 Å². The van der Waals surface area contributed by atoms with E-state index in [9.17, 15) is 0 Å². The molecule has 2 heterocycles. The normalized spacial score (nSPS) is 29.5. The van der Waals surface area contributed by atoms with E-state index in [2.05, 4.69) is 38.3 Å². The first-order chi connectivity index (χ1) is 12.1. The highest BCUT2D eigenvalue weighted by Crippen LogP contribution is 2.56. The number of halogens is 2. The Morgan fingerprint density at radius 3 is 3.00 bits per heavy atom. The maximum atomic E-state index is 6.68. The molecule has 0 unspecified atom stereocenters. The Kier molecular flexibility index (Phi) is 3.56. The molecule has 2 aromatic rings. The van der Waals surface area contributed by atoms with Crippen LogP contribution in [0.2, 0.25) is 5.02 Å². The van der Waals surface area contributed by atoms with E-state index in [0.29, 0.717) is 16.1 Å². The van der Waals surface area contributed by atoms with E-state index in [1.807, 2.05) is 30.3 Å². The maximum Gasteiger partial charge on any atom is 0.194 e. The van der Waals surface area contributed by atoms with E-state index < -0.39 is 5.72 Å². The second-order valence-corrected chi connectivity index (χ2v) is 8.61. The van der Waals surface area contributed by atoms with Crippen LogP contribution in [0.1, 0.15) is 30.9 Å². The minimum Gasteiger partial charge on any atom is -0.467 e. The lowest BCUT2D eigenvalue weighted by molar-refractivity contribution is -0.00509. The molecule has 5 rings (SSSR count). The predicted octanol–water partition coefficient (Wildman–Crippen LogP) is 5.43. The summed E-state index contributed by atoms with van der Waals surface area (Å²) in [5, 5.41) is 4.99. The van der Waals surface area contributed by atoms with E-state index in [-0.39, 0.29) is 6.04 Å². The maximum absolute atomic E-state index is 6.68. The molecule has 128 valence electrons. The molecule has 0 radical (unpaired) electrons. The van der Waals surface area contributed by atoms with Gasteiger partial charge in [-0.2, -0.15) is 0 Å². The van der Waals surface area contributed by atoms with Crippen molar-refractivity contribution >= 4 is 50.5 Å². The summed E-state index contributed by atoms with van der Waals surface area (Å²) in [6, 6.07) is 14.3. The minimum atomic E-state index is -0.432. The molecule has 2 fully saturated rings. The lowest BCUT2D eigenvalue weighted by Crippen LogP contribution is -2.69. The van der Waals surface area contributed by atoms with Gasteiger partial charge in [-0.25, -0.2) is 0 Å². The highest BCUT2D eigenvalue weighted by atomic mass is 79.9. The van der Waals surface area contributed by atoms with Gasteiger partial charge in [0.05, 0.1) is 6.04 Å². The Morgan fingerprint density at radius 1 is 1.28 bits per heavy atom. The molecular formula is C19H16BrClN2OS. The number of rotatable bonds is 1. The third-order valence-electron chi connectivity index (χ3n) is 5.55. The number of fused-ring (bicyclic) bond motifs is 2. The zero-order valence-corrected chi connectivity index (χ0v) is 16.5. The molecular weight excluding hydrogens is 420 g/mol. The molecule has 0 spiro atoms. The number of nitrogens with zero attached hydrogens (tertiary/aromatic N) is 1. The summed E-state index contributed by atoms with van der Waals surface area (Å²) >= 11 is 15.6. The van der Waals surface area contributed by atoms with Crippen LogP contribution in [0.3, 0.4) is 0 Å². The molecule has 3 atom stereocenters. The van der Waals surface area contributed by atoms with Crippen LogP contribution in [0, 0.1) is 5.92 Å². The Morgan fingerprint density at radius 2 is 2.16 bits per heavy atom. The largest absolute Gasteiger partial charge is 0.467 e. The van der Waals surface area contributed by atoms with Gasteiger partial charge in [0.2, 0.25) is 0 Å². The molecule has 1 aliphatic carbocycles. The van der Waals surface area contributed by atoms with Crippen molar-refractivity contribution in [3.05, 3.63) is 57.5 Å². The van der Waals surface area contributed by atoms with Crippen LogP contribution in [0.25, 0.3) is 0 Å². The zero-order chi connectivity index (χ0) is 17.2. The van der Waals surface area contributed by atoms with Gasteiger partial charge in [0.25, 0.3) is 0 Å². The summed E-state index contributed by atoms with van der Waals surface area (Å²) in [6.07, 6.45) is 3.19. The number of hydrogen-bond donors (Lipinski definition) is 1. The van der Waals surface area contributed by atoms with Crippen LogP contribution in [-0.4, -0.2) is 10.8 Å². The van der Waals surface area contributed by atoms with Crippen molar-refractivity contribution in [3.63, 3.8) is 0 Å². The van der Waals surface area contributed by atoms with Crippen LogP contribution in [-0.2, 0) is 0 Å². The summed E-state index contributed by atoms with van der Waals surface area (Å²) in [6.45, 7) is 0. The lowest BCUT2D eigenvalue weighted by Gasteiger charge is -2.56. The molecule has 2 aromatic carbocycles. The third-order valence-corrected chi connectivity index (χ3v) is 6.58. The third kappa shape index (κ3) is 2.25. The second-order valence-electron chi connectivity index (χ2n) is 6.87. The number of thiocarbonyl (C=S) groups is 1. The fraction of sp³-hybridized carbons (Fsp3) is 0.316. The van der Waals surface area contributed by atoms with Gasteiger partial charge < -0.3 is 10.1 Å². The van der Waals surface area contributed by atoms with E-state index in [1.165, 1.54) is 5.56 Å². The number of anilines is 1. The Hall–Kier alpha value is -1.30. The minimum absolute atomic E-state index is 0.187. The number of ether oxygens (including phenoxy) is 1. The highest BCUT2D eigenvalue weighted by Gasteiger charge is 2.60. The van der Waals surface area contributed by atoms with Gasteiger partial charge in [0.15, 0.2) is 10.8 Å². The van der Waals surface area contributed by atoms with Gasteiger partial charge >= 0.3 is 0 Å². The average molecular weight is 436 g/mol. The van der Waals surface area contributed by atoms with E-state index in [1.54, 1.807) is 0 Å². The summed E-state index contributed by atoms with van der Waals surface area (Å²) in [5.41, 5.74) is 1.74. The van der Waals surface area contributed by atoms with E-state index in [4.69, 9.17) is 28.6 Å². The van der Waals surface area contributed by atoms with Gasteiger partial charge in [-0.15, -0.1) is 0 Å². The highest BCUT2D eigenvalue weighted by molar-refractivity contribution is 9.10. The van der Waals surface area contributed by atoms with Crippen molar-refractivity contribution in [3.8, 4) is 5.75 Å². The Balaban J connectivity index is 1.70. The number of hydrogen-bond acceptors (Lipinski definition) is 2. The predicted molar refractivity (Wildman–Crippen MR) is 107 cm³/mol. The molecule has 1 N–H and O–H groups in total. The van der Waals surface area contributed by atoms with E-state index in [0.717, 1.165) is 35.2 Å². The summed E-state index contributed by atoms with van der Waals surface area (Å²) < 4.78 is 7.74. The zero-order valence-electron chi connectivity index (χ0n) is 13.3. The van der Waals surface area contributed by atoms with Crippen molar-refractivity contribution in [1.29, 1.82) is 0 Å². The van der Waals surface area contributed by atoms with Crippen LogP contribution >= 0.6 is 39.7 Å². The van der Waals surface area contributed by atoms with Crippen LogP contribution in [0.4, 0.5) is 5.69 Å². The summed E-state index contributed by atoms with van der Waals surface area (Å²) in [4.78, 5) is 2.15. The SMILES string of the molecule is S=C1N[C@H]2c3cc(Br)ccc3O[C@@]3(CCC[C@H]23)N1c1cccc(Cl)c1. The quantitative estimate of drug-likeness (QED) is 0.604. The topological polar surface area (TPSA) is 24.5 Å². The van der Waals surface area contributed by atoms with Gasteiger partial charge in [-0.3, -0.25) is 4.90 Å². The molecule has 6 heteroatoms. The monoisotopic (exact) mass is 434 g/mol. The molecule has 25 heavy (non-hydrogen) atoms. The fourth-order valence-electron chi connectivity index (χ4n) is 4.62. The Bertz CT molecular complexity index is 891. The average Bonchev–Trinajstić information content (AvgIpc) is 3.00. The standard InChI is InChI=1S/C19H16BrClN2OS/c20-11-6-7-16-14(9-11)17-15-5-2-8-19(15,24-16)23(18(25)22-17)13-4-1-3-12(21)10-13/h1,3-4,6-7,9-10,15,17H,2,5,8H2,(H,22,25)/t15-,17+,19-/m1/s1. The van der Waals surface area contributed by atoms with Gasteiger partial charge in [-0.1, -0.05) is 33.6 Å². The molecule has 0 aromatic heterocycles. The van der Waals surface area contributed by atoms with Crippen LogP contribution in [0.15, 0.2) is 46.9 Å². The first-order valence-corrected chi connectivity index (χ1v) is 10.0.